The van der Waals surface area contributed by atoms with Crippen LogP contribution in [0, 0.1) is 10.1 Å². The van der Waals surface area contributed by atoms with Gasteiger partial charge in [0.1, 0.15) is 5.75 Å². The average Bonchev–Trinajstić information content (AvgIpc) is 2.20. The van der Waals surface area contributed by atoms with E-state index in [4.69, 9.17) is 16.3 Å². The second kappa shape index (κ2) is 4.98. The topological polar surface area (TPSA) is 52.4 Å². The summed E-state index contributed by atoms with van der Waals surface area (Å²) in [5, 5.41) is 10.7. The van der Waals surface area contributed by atoms with Crippen LogP contribution in [0.15, 0.2) is 18.2 Å². The number of nitro benzene ring substituents is 1. The Morgan fingerprint density at radius 2 is 2.27 bits per heavy atom. The quantitative estimate of drug-likeness (QED) is 0.587. The first-order valence-corrected chi connectivity index (χ1v) is 5.03. The van der Waals surface area contributed by atoms with Gasteiger partial charge in [-0.05, 0) is 19.4 Å². The van der Waals surface area contributed by atoms with E-state index in [1.54, 1.807) is 0 Å². The van der Waals surface area contributed by atoms with E-state index in [-0.39, 0.29) is 16.8 Å². The van der Waals surface area contributed by atoms with Gasteiger partial charge in [0.15, 0.2) is 0 Å². The van der Waals surface area contributed by atoms with Crippen LogP contribution in [0.2, 0.25) is 5.02 Å². The molecule has 0 bridgehead atoms. The zero-order valence-corrected chi connectivity index (χ0v) is 9.32. The Balaban J connectivity index is 2.88. The minimum absolute atomic E-state index is 0.0310. The van der Waals surface area contributed by atoms with Gasteiger partial charge in [0.25, 0.3) is 5.69 Å². The molecule has 15 heavy (non-hydrogen) atoms. The maximum Gasteiger partial charge on any atom is 0.271 e. The molecule has 0 spiro atoms. The molecule has 0 aliphatic heterocycles. The number of benzene rings is 1. The monoisotopic (exact) mass is 229 g/mol. The van der Waals surface area contributed by atoms with Crippen molar-refractivity contribution in [3.05, 3.63) is 33.3 Å². The third-order valence-corrected chi connectivity index (χ3v) is 2.32. The van der Waals surface area contributed by atoms with Gasteiger partial charge < -0.3 is 4.74 Å². The summed E-state index contributed by atoms with van der Waals surface area (Å²) in [6.45, 7) is 3.90. The Bertz CT molecular complexity index is 368. The SMILES string of the molecule is CCC(C)Oc1ccc([N+](=O)[O-])cc1Cl. The van der Waals surface area contributed by atoms with Gasteiger partial charge in [-0.3, -0.25) is 10.1 Å². The minimum Gasteiger partial charge on any atom is -0.489 e. The lowest BCUT2D eigenvalue weighted by Crippen LogP contribution is -2.09. The van der Waals surface area contributed by atoms with Crippen LogP contribution >= 0.6 is 11.6 Å². The zero-order valence-electron chi connectivity index (χ0n) is 8.57. The van der Waals surface area contributed by atoms with Crippen molar-refractivity contribution in [1.82, 2.24) is 0 Å². The van der Waals surface area contributed by atoms with Crippen LogP contribution < -0.4 is 4.74 Å². The summed E-state index contributed by atoms with van der Waals surface area (Å²) in [5.41, 5.74) is -0.0310. The number of hydrogen-bond donors (Lipinski definition) is 0. The summed E-state index contributed by atoms with van der Waals surface area (Å²) < 4.78 is 5.47. The first-order chi connectivity index (χ1) is 7.04. The maximum atomic E-state index is 10.4. The smallest absolute Gasteiger partial charge is 0.271 e. The number of hydrogen-bond acceptors (Lipinski definition) is 3. The molecule has 0 saturated heterocycles. The summed E-state index contributed by atoms with van der Waals surface area (Å²) in [6, 6.07) is 4.19. The van der Waals surface area contributed by atoms with Crippen LogP contribution in [0.1, 0.15) is 20.3 Å². The van der Waals surface area contributed by atoms with Gasteiger partial charge >= 0.3 is 0 Å². The van der Waals surface area contributed by atoms with E-state index in [9.17, 15) is 10.1 Å². The molecule has 1 aromatic carbocycles. The number of nitrogens with zero attached hydrogens (tertiary/aromatic N) is 1. The minimum atomic E-state index is -0.487. The standard InChI is InChI=1S/C10H12ClNO3/c1-3-7(2)15-10-5-4-8(12(13)14)6-9(10)11/h4-7H,3H2,1-2H3. The lowest BCUT2D eigenvalue weighted by atomic mass is 10.3. The van der Waals surface area contributed by atoms with E-state index in [1.165, 1.54) is 18.2 Å². The van der Waals surface area contributed by atoms with Crippen molar-refractivity contribution >= 4 is 17.3 Å². The Kier molecular flexibility index (Phi) is 3.91. The van der Waals surface area contributed by atoms with E-state index < -0.39 is 4.92 Å². The predicted molar refractivity (Wildman–Crippen MR) is 58.5 cm³/mol. The van der Waals surface area contributed by atoms with Crippen molar-refractivity contribution in [2.45, 2.75) is 26.4 Å². The third-order valence-electron chi connectivity index (χ3n) is 2.03. The predicted octanol–water partition coefficient (Wildman–Crippen LogP) is 3.43. The molecule has 1 unspecified atom stereocenters. The van der Waals surface area contributed by atoms with E-state index >= 15 is 0 Å². The molecule has 82 valence electrons. The fourth-order valence-corrected chi connectivity index (χ4v) is 1.22. The van der Waals surface area contributed by atoms with Gasteiger partial charge in [0.05, 0.1) is 16.0 Å². The lowest BCUT2D eigenvalue weighted by Gasteiger charge is -2.13. The first kappa shape index (κ1) is 11.8. The van der Waals surface area contributed by atoms with Crippen LogP contribution in [0.3, 0.4) is 0 Å². The molecule has 0 aliphatic rings. The lowest BCUT2D eigenvalue weighted by molar-refractivity contribution is -0.384. The highest BCUT2D eigenvalue weighted by molar-refractivity contribution is 6.32. The second-order valence-electron chi connectivity index (χ2n) is 3.21. The molecular formula is C10H12ClNO3. The Morgan fingerprint density at radius 1 is 1.60 bits per heavy atom. The third kappa shape index (κ3) is 3.09. The fraction of sp³-hybridized carbons (Fsp3) is 0.400. The summed E-state index contributed by atoms with van der Waals surface area (Å²) in [6.07, 6.45) is 0.900. The first-order valence-electron chi connectivity index (χ1n) is 4.65. The molecule has 0 amide bonds. The molecule has 0 heterocycles. The van der Waals surface area contributed by atoms with Gasteiger partial charge in [-0.15, -0.1) is 0 Å². The normalized spacial score (nSPS) is 12.2. The van der Waals surface area contributed by atoms with Crippen LogP contribution in [-0.2, 0) is 0 Å². The highest BCUT2D eigenvalue weighted by Gasteiger charge is 2.11. The van der Waals surface area contributed by atoms with Crippen LogP contribution in [-0.4, -0.2) is 11.0 Å². The summed E-state index contributed by atoms with van der Waals surface area (Å²) in [4.78, 5) is 9.96. The Morgan fingerprint density at radius 3 is 2.73 bits per heavy atom. The Hall–Kier alpha value is -1.29. The molecule has 1 atom stereocenters. The molecule has 0 fully saturated rings. The largest absolute Gasteiger partial charge is 0.489 e. The second-order valence-corrected chi connectivity index (χ2v) is 3.62. The van der Waals surface area contributed by atoms with Gasteiger partial charge in [0.2, 0.25) is 0 Å². The number of ether oxygens (including phenoxy) is 1. The molecule has 0 aromatic heterocycles. The van der Waals surface area contributed by atoms with Gasteiger partial charge in [-0.25, -0.2) is 0 Å². The van der Waals surface area contributed by atoms with Crippen molar-refractivity contribution < 1.29 is 9.66 Å². The van der Waals surface area contributed by atoms with Crippen molar-refractivity contribution in [2.75, 3.05) is 0 Å². The van der Waals surface area contributed by atoms with E-state index in [2.05, 4.69) is 0 Å². The van der Waals surface area contributed by atoms with Crippen molar-refractivity contribution in [1.29, 1.82) is 0 Å². The Labute approximate surface area is 93.0 Å². The van der Waals surface area contributed by atoms with Crippen LogP contribution in [0.25, 0.3) is 0 Å². The van der Waals surface area contributed by atoms with E-state index in [0.29, 0.717) is 5.75 Å². The number of non-ortho nitro benzene ring substituents is 1. The number of rotatable bonds is 4. The average molecular weight is 230 g/mol. The highest BCUT2D eigenvalue weighted by atomic mass is 35.5. The van der Waals surface area contributed by atoms with Gasteiger partial charge in [0, 0.05) is 12.1 Å². The fourth-order valence-electron chi connectivity index (χ4n) is 0.999. The van der Waals surface area contributed by atoms with Crippen molar-refractivity contribution in [2.24, 2.45) is 0 Å². The molecule has 4 nitrogen and oxygen atoms in total. The molecule has 5 heteroatoms. The molecule has 0 N–H and O–H groups in total. The van der Waals surface area contributed by atoms with E-state index in [1.807, 2.05) is 13.8 Å². The summed E-state index contributed by atoms with van der Waals surface area (Å²) >= 11 is 5.85. The summed E-state index contributed by atoms with van der Waals surface area (Å²) in [5.74, 6) is 0.483. The van der Waals surface area contributed by atoms with Crippen molar-refractivity contribution in [3.63, 3.8) is 0 Å². The van der Waals surface area contributed by atoms with Gasteiger partial charge in [-0.1, -0.05) is 18.5 Å². The van der Waals surface area contributed by atoms with E-state index in [0.717, 1.165) is 6.42 Å². The van der Waals surface area contributed by atoms with Crippen LogP contribution in [0.4, 0.5) is 5.69 Å². The zero-order chi connectivity index (χ0) is 11.4. The van der Waals surface area contributed by atoms with Crippen LogP contribution in [0.5, 0.6) is 5.75 Å². The summed E-state index contributed by atoms with van der Waals surface area (Å²) in [7, 11) is 0. The molecule has 1 aromatic rings. The molecule has 1 rings (SSSR count). The molecule has 0 saturated carbocycles. The number of nitro groups is 1. The molecule has 0 radical (unpaired) electrons. The molecular weight excluding hydrogens is 218 g/mol. The van der Waals surface area contributed by atoms with Gasteiger partial charge in [-0.2, -0.15) is 0 Å². The molecule has 0 aliphatic carbocycles. The maximum absolute atomic E-state index is 10.4. The number of halogens is 1. The highest BCUT2D eigenvalue weighted by Crippen LogP contribution is 2.29. The van der Waals surface area contributed by atoms with Crippen molar-refractivity contribution in [3.8, 4) is 5.75 Å².